The number of carbonyl (C=O) groups excluding carboxylic acids is 2. The van der Waals surface area contributed by atoms with Gasteiger partial charge >= 0.3 is 18.3 Å². The number of aliphatic hydroxyl groups is 1. The largest absolute Gasteiger partial charge is 0.493 e. The minimum Gasteiger partial charge on any atom is -0.493 e. The van der Waals surface area contributed by atoms with Gasteiger partial charge in [-0.3, -0.25) is 14.6 Å². The number of halogens is 8. The van der Waals surface area contributed by atoms with Gasteiger partial charge in [0.1, 0.15) is 17.1 Å². The van der Waals surface area contributed by atoms with E-state index in [0.29, 0.717) is 63.5 Å². The Morgan fingerprint density at radius 3 is 2.19 bits per heavy atom. The van der Waals surface area contributed by atoms with Crippen LogP contribution < -0.4 is 10.1 Å². The average Bonchev–Trinajstić information content (AvgIpc) is 3.38. The molecule has 17 heteroatoms. The van der Waals surface area contributed by atoms with Gasteiger partial charge in [-0.15, -0.1) is 0 Å². The van der Waals surface area contributed by atoms with Crippen LogP contribution in [0, 0.1) is 13.8 Å². The van der Waals surface area contributed by atoms with Gasteiger partial charge in [-0.1, -0.05) is 11.9 Å². The molecule has 2 saturated heterocycles. The molecule has 53 heavy (non-hydrogen) atoms. The van der Waals surface area contributed by atoms with Crippen molar-refractivity contribution in [1.29, 1.82) is 0 Å². The van der Waals surface area contributed by atoms with Crippen LogP contribution in [0.3, 0.4) is 0 Å². The van der Waals surface area contributed by atoms with Crippen molar-refractivity contribution in [2.75, 3.05) is 32.8 Å². The molecule has 1 spiro atoms. The lowest BCUT2D eigenvalue weighted by atomic mass is 9.89. The summed E-state index contributed by atoms with van der Waals surface area (Å²) in [5, 5.41) is 14.7. The summed E-state index contributed by atoms with van der Waals surface area (Å²) in [6.45, 7) is 6.70. The fraction of sp³-hybridized carbons (Fsp3) is 0.528. The van der Waals surface area contributed by atoms with E-state index in [4.69, 9.17) is 4.74 Å². The van der Waals surface area contributed by atoms with E-state index in [1.165, 1.54) is 18.0 Å². The van der Waals surface area contributed by atoms with Crippen LogP contribution in [-0.4, -0.2) is 88.0 Å². The summed E-state index contributed by atoms with van der Waals surface area (Å²) in [4.78, 5) is 32.5. The van der Waals surface area contributed by atoms with Crippen LogP contribution in [0.4, 0.5) is 35.1 Å². The van der Waals surface area contributed by atoms with Crippen LogP contribution in [0.2, 0.25) is 0 Å². The molecule has 3 heterocycles. The zero-order chi connectivity index (χ0) is 39.0. The van der Waals surface area contributed by atoms with Crippen molar-refractivity contribution in [1.82, 2.24) is 14.5 Å². The molecule has 0 aromatic heterocycles. The van der Waals surface area contributed by atoms with Crippen molar-refractivity contribution in [3.05, 3.63) is 69.1 Å². The van der Waals surface area contributed by atoms with E-state index in [0.717, 1.165) is 22.8 Å². The standard InChI is InChI=1S/C36H40F8N4O4S/c1-22-19-25(30(49)47-13-9-32(3,51)10-14-47)20-23(2)26(22)7-18-53-48-15-11-33(12-16-48)31(50)45-29(46-33)24-5-6-28(27(21-24)35(39,40)41)52-17-4-8-34(37,38)36(42,43)44/h5-7,18-21,51H,4,8-17H2,1-3H3,(H,45,46,50)/b18-7+. The molecule has 2 amide bonds. The molecule has 0 atom stereocenters. The second-order valence-electron chi connectivity index (χ2n) is 14.0. The number of hydrogen-bond donors (Lipinski definition) is 2. The van der Waals surface area contributed by atoms with Crippen LogP contribution in [0.15, 0.2) is 40.7 Å². The number of alkyl halides is 8. The molecule has 0 bridgehead atoms. The third-order valence-electron chi connectivity index (χ3n) is 9.81. The number of amides is 2. The van der Waals surface area contributed by atoms with E-state index in [9.17, 15) is 49.8 Å². The third kappa shape index (κ3) is 9.34. The van der Waals surface area contributed by atoms with Crippen molar-refractivity contribution in [2.24, 2.45) is 4.99 Å². The highest BCUT2D eigenvalue weighted by atomic mass is 32.2. The number of carbonyl (C=O) groups is 2. The maximum atomic E-state index is 13.9. The van der Waals surface area contributed by atoms with Gasteiger partial charge in [0.15, 0.2) is 0 Å². The molecule has 3 aliphatic heterocycles. The van der Waals surface area contributed by atoms with Gasteiger partial charge in [0.25, 0.3) is 11.8 Å². The minimum atomic E-state index is -5.78. The maximum absolute atomic E-state index is 13.9. The number of piperidine rings is 2. The summed E-state index contributed by atoms with van der Waals surface area (Å²) in [5.41, 5.74) is 0.0995. The molecule has 2 N–H and O–H groups in total. The average molecular weight is 777 g/mol. The third-order valence-corrected chi connectivity index (χ3v) is 10.7. The molecule has 0 aliphatic carbocycles. The summed E-state index contributed by atoms with van der Waals surface area (Å²) < 4.78 is 112. The number of nitrogens with one attached hydrogen (secondary N) is 1. The highest BCUT2D eigenvalue weighted by molar-refractivity contribution is 8.00. The normalized spacial score (nSPS) is 19.5. The van der Waals surface area contributed by atoms with E-state index in [1.54, 1.807) is 11.8 Å². The predicted molar refractivity (Wildman–Crippen MR) is 184 cm³/mol. The van der Waals surface area contributed by atoms with Gasteiger partial charge in [0.2, 0.25) is 0 Å². The van der Waals surface area contributed by atoms with E-state index < -0.39 is 66.1 Å². The number of rotatable bonds is 10. The molecule has 0 radical (unpaired) electrons. The van der Waals surface area contributed by atoms with Crippen LogP contribution in [-0.2, 0) is 11.0 Å². The monoisotopic (exact) mass is 776 g/mol. The van der Waals surface area contributed by atoms with E-state index in [1.807, 2.05) is 41.8 Å². The van der Waals surface area contributed by atoms with Gasteiger partial charge in [-0.2, -0.15) is 35.1 Å². The number of likely N-dealkylation sites (tertiary alicyclic amines) is 1. The predicted octanol–water partition coefficient (Wildman–Crippen LogP) is 7.70. The van der Waals surface area contributed by atoms with Crippen LogP contribution in [0.25, 0.3) is 6.08 Å². The Labute approximate surface area is 305 Å². The fourth-order valence-corrected chi connectivity index (χ4v) is 7.28. The Bertz CT molecular complexity index is 1740. The molecule has 2 aromatic rings. The number of ether oxygens (including phenoxy) is 1. The minimum absolute atomic E-state index is 0.0687. The summed E-state index contributed by atoms with van der Waals surface area (Å²) >= 11 is 1.44. The molecule has 0 saturated carbocycles. The molecule has 3 aliphatic rings. The second-order valence-corrected chi connectivity index (χ2v) is 15.0. The van der Waals surface area contributed by atoms with Crippen LogP contribution >= 0.6 is 11.9 Å². The molecule has 2 aromatic carbocycles. The fourth-order valence-electron chi connectivity index (χ4n) is 6.52. The van der Waals surface area contributed by atoms with Crippen molar-refractivity contribution in [3.8, 4) is 5.75 Å². The highest BCUT2D eigenvalue weighted by Crippen LogP contribution is 2.41. The second kappa shape index (κ2) is 15.2. The van der Waals surface area contributed by atoms with Gasteiger partial charge in [0, 0.05) is 43.7 Å². The summed E-state index contributed by atoms with van der Waals surface area (Å²) in [6, 6.07) is 6.53. The van der Waals surface area contributed by atoms with Crippen molar-refractivity contribution >= 4 is 35.7 Å². The van der Waals surface area contributed by atoms with Gasteiger partial charge in [-0.05, 0) is 111 Å². The zero-order valence-corrected chi connectivity index (χ0v) is 30.1. The quantitative estimate of drug-likeness (QED) is 0.146. The SMILES string of the molecule is Cc1cc(C(=O)N2CCC(C)(O)CC2)cc(C)c1/C=C/SN1CCC2(CC1)N=C(c1ccc(OCCCC(F)(F)C(F)(F)F)c(C(F)(F)F)c1)NC2=O. The molecule has 0 unspecified atom stereocenters. The van der Waals surface area contributed by atoms with E-state index in [-0.39, 0.29) is 17.3 Å². The number of aliphatic imine (C=N–C) groups is 1. The zero-order valence-electron chi connectivity index (χ0n) is 29.3. The van der Waals surface area contributed by atoms with Crippen molar-refractivity contribution in [2.45, 2.75) is 88.7 Å². The Kier molecular flexibility index (Phi) is 11.6. The Balaban J connectivity index is 1.18. The van der Waals surface area contributed by atoms with Crippen LogP contribution in [0.1, 0.15) is 83.6 Å². The molecular formula is C36H40F8N4O4S. The molecule has 290 valence electrons. The van der Waals surface area contributed by atoms with Gasteiger partial charge < -0.3 is 20.1 Å². The first kappa shape index (κ1) is 40.5. The number of aryl methyl sites for hydroxylation is 2. The van der Waals surface area contributed by atoms with E-state index >= 15 is 0 Å². The lowest BCUT2D eigenvalue weighted by Crippen LogP contribution is -2.47. The number of hydrogen-bond acceptors (Lipinski definition) is 7. The first-order valence-corrected chi connectivity index (χ1v) is 17.9. The van der Waals surface area contributed by atoms with E-state index in [2.05, 4.69) is 10.3 Å². The Hall–Kier alpha value is -3.70. The van der Waals surface area contributed by atoms with Crippen molar-refractivity contribution < 1.29 is 54.6 Å². The first-order valence-electron chi connectivity index (χ1n) is 17.0. The lowest BCUT2D eigenvalue weighted by molar-refractivity contribution is -0.284. The molecule has 2 fully saturated rings. The molecule has 8 nitrogen and oxygen atoms in total. The van der Waals surface area contributed by atoms with Gasteiger partial charge in [0.05, 0.1) is 17.8 Å². The summed E-state index contributed by atoms with van der Waals surface area (Å²) in [7, 11) is 0. The number of benzene rings is 2. The number of nitrogens with zero attached hydrogens (tertiary/aromatic N) is 3. The van der Waals surface area contributed by atoms with Gasteiger partial charge in [-0.25, -0.2) is 4.31 Å². The van der Waals surface area contributed by atoms with Crippen molar-refractivity contribution in [3.63, 3.8) is 0 Å². The maximum Gasteiger partial charge on any atom is 0.453 e. The smallest absolute Gasteiger partial charge is 0.453 e. The highest BCUT2D eigenvalue weighted by Gasteiger charge is 2.56. The Morgan fingerprint density at radius 2 is 1.60 bits per heavy atom. The molecular weight excluding hydrogens is 736 g/mol. The summed E-state index contributed by atoms with van der Waals surface area (Å²) in [6.07, 6.45) is -9.65. The Morgan fingerprint density at radius 1 is 0.981 bits per heavy atom. The number of amidine groups is 1. The first-order chi connectivity index (χ1) is 24.6. The topological polar surface area (TPSA) is 94.5 Å². The lowest BCUT2D eigenvalue weighted by Gasteiger charge is -2.36. The molecule has 5 rings (SSSR count). The summed E-state index contributed by atoms with van der Waals surface area (Å²) in [5.74, 6) is -6.35. The van der Waals surface area contributed by atoms with Crippen LogP contribution in [0.5, 0.6) is 5.75 Å².